The molecule has 96 valence electrons. The van der Waals surface area contributed by atoms with E-state index < -0.39 is 5.97 Å². The third-order valence-electron chi connectivity index (χ3n) is 3.27. The van der Waals surface area contributed by atoms with Gasteiger partial charge in [-0.2, -0.15) is 0 Å². The molecule has 0 aliphatic carbocycles. The lowest BCUT2D eigenvalue weighted by Crippen LogP contribution is -2.33. The van der Waals surface area contributed by atoms with Crippen LogP contribution in [0, 0.1) is 0 Å². The van der Waals surface area contributed by atoms with Crippen molar-refractivity contribution < 1.29 is 14.7 Å². The first-order valence-corrected chi connectivity index (χ1v) is 6.18. The largest absolute Gasteiger partial charge is 0.481 e. The van der Waals surface area contributed by atoms with Crippen molar-refractivity contribution in [2.75, 3.05) is 13.1 Å². The molecule has 0 atom stereocenters. The van der Waals surface area contributed by atoms with E-state index in [-0.39, 0.29) is 6.42 Å². The zero-order valence-corrected chi connectivity index (χ0v) is 10.3. The second-order valence-electron chi connectivity index (χ2n) is 4.65. The third kappa shape index (κ3) is 3.40. The number of Topliss-reactive ketones (excluding diaryl/α,β-unsaturated/α-hetero) is 1. The van der Waals surface area contributed by atoms with Gasteiger partial charge in [0.05, 0.1) is 6.42 Å². The normalized spacial score (nSPS) is 16.8. The molecule has 1 saturated heterocycles. The van der Waals surface area contributed by atoms with Crippen LogP contribution in [0.5, 0.6) is 0 Å². The Hall–Kier alpha value is -1.68. The minimum Gasteiger partial charge on any atom is -0.481 e. The van der Waals surface area contributed by atoms with Gasteiger partial charge < -0.3 is 5.11 Å². The predicted octanol–water partition coefficient (Wildman–Crippen LogP) is 1.48. The van der Waals surface area contributed by atoms with Crippen molar-refractivity contribution in [2.24, 2.45) is 0 Å². The number of nitrogens with zero attached hydrogens (tertiary/aromatic N) is 1. The van der Waals surface area contributed by atoms with E-state index in [9.17, 15) is 9.59 Å². The molecule has 2 rings (SSSR count). The Bertz CT molecular complexity index is 446. The minimum atomic E-state index is -0.809. The van der Waals surface area contributed by atoms with Gasteiger partial charge in [0, 0.05) is 32.5 Å². The summed E-state index contributed by atoms with van der Waals surface area (Å²) in [4.78, 5) is 24.2. The first-order chi connectivity index (χ1) is 8.65. The number of likely N-dealkylation sites (tertiary alicyclic amines) is 1. The van der Waals surface area contributed by atoms with Crippen LogP contribution >= 0.6 is 0 Å². The number of hydrogen-bond donors (Lipinski definition) is 1. The van der Waals surface area contributed by atoms with Gasteiger partial charge >= 0.3 is 5.97 Å². The van der Waals surface area contributed by atoms with E-state index in [0.29, 0.717) is 18.6 Å². The number of carboxylic acids is 1. The summed E-state index contributed by atoms with van der Waals surface area (Å²) in [6, 6.07) is 7.62. The van der Waals surface area contributed by atoms with Crippen LogP contribution in [0.25, 0.3) is 0 Å². The van der Waals surface area contributed by atoms with Gasteiger partial charge in [-0.3, -0.25) is 14.5 Å². The molecule has 1 aromatic carbocycles. The highest BCUT2D eigenvalue weighted by Crippen LogP contribution is 2.15. The van der Waals surface area contributed by atoms with Crippen LogP contribution in [0.1, 0.15) is 24.0 Å². The monoisotopic (exact) mass is 247 g/mol. The van der Waals surface area contributed by atoms with E-state index in [1.165, 1.54) is 0 Å². The van der Waals surface area contributed by atoms with Gasteiger partial charge in [0.2, 0.25) is 0 Å². The number of aliphatic carboxylic acids is 1. The molecular formula is C14H17NO3. The van der Waals surface area contributed by atoms with E-state index in [4.69, 9.17) is 5.11 Å². The SMILES string of the molecule is O=C(O)Cc1ccccc1CN1CCC(=O)CC1. The van der Waals surface area contributed by atoms with Crippen molar-refractivity contribution in [1.29, 1.82) is 0 Å². The summed E-state index contributed by atoms with van der Waals surface area (Å²) in [5, 5.41) is 8.87. The number of carboxylic acid groups (broad SMARTS) is 1. The molecule has 0 saturated carbocycles. The van der Waals surface area contributed by atoms with Crippen molar-refractivity contribution in [3.63, 3.8) is 0 Å². The standard InChI is InChI=1S/C14H17NO3/c16-13-5-7-15(8-6-13)10-12-4-2-1-3-11(12)9-14(17)18/h1-4H,5-10H2,(H,17,18). The summed E-state index contributed by atoms with van der Waals surface area (Å²) in [6.07, 6.45) is 1.28. The third-order valence-corrected chi connectivity index (χ3v) is 3.27. The fraction of sp³-hybridized carbons (Fsp3) is 0.429. The Kier molecular flexibility index (Phi) is 4.10. The molecule has 1 fully saturated rings. The number of ketones is 1. The number of carbonyl (C=O) groups is 2. The maximum atomic E-state index is 11.2. The molecule has 0 unspecified atom stereocenters. The summed E-state index contributed by atoms with van der Waals surface area (Å²) < 4.78 is 0. The van der Waals surface area contributed by atoms with E-state index in [0.717, 1.165) is 30.8 Å². The van der Waals surface area contributed by atoms with E-state index >= 15 is 0 Å². The molecule has 1 aromatic rings. The highest BCUT2D eigenvalue weighted by molar-refractivity contribution is 5.79. The zero-order valence-electron chi connectivity index (χ0n) is 10.3. The fourth-order valence-electron chi connectivity index (χ4n) is 2.25. The summed E-state index contributed by atoms with van der Waals surface area (Å²) in [5.41, 5.74) is 1.91. The van der Waals surface area contributed by atoms with Crippen LogP contribution in [0.4, 0.5) is 0 Å². The summed E-state index contributed by atoms with van der Waals surface area (Å²) >= 11 is 0. The maximum Gasteiger partial charge on any atom is 0.307 e. The minimum absolute atomic E-state index is 0.0585. The Balaban J connectivity index is 2.04. The molecule has 1 heterocycles. The van der Waals surface area contributed by atoms with Crippen molar-refractivity contribution in [3.05, 3.63) is 35.4 Å². The summed E-state index contributed by atoms with van der Waals surface area (Å²) in [7, 11) is 0. The van der Waals surface area contributed by atoms with Crippen LogP contribution in [-0.4, -0.2) is 34.8 Å². The van der Waals surface area contributed by atoms with Gasteiger partial charge in [-0.25, -0.2) is 0 Å². The zero-order chi connectivity index (χ0) is 13.0. The average Bonchev–Trinajstić information content (AvgIpc) is 2.34. The predicted molar refractivity (Wildman–Crippen MR) is 67.3 cm³/mol. The average molecular weight is 247 g/mol. The molecule has 0 spiro atoms. The highest BCUT2D eigenvalue weighted by atomic mass is 16.4. The van der Waals surface area contributed by atoms with Crippen LogP contribution < -0.4 is 0 Å². The van der Waals surface area contributed by atoms with Crippen molar-refractivity contribution in [1.82, 2.24) is 4.90 Å². The van der Waals surface area contributed by atoms with Gasteiger partial charge in [-0.15, -0.1) is 0 Å². The Labute approximate surface area is 106 Å². The second-order valence-corrected chi connectivity index (χ2v) is 4.65. The van der Waals surface area contributed by atoms with Crippen LogP contribution in [0.2, 0.25) is 0 Å². The Morgan fingerprint density at radius 1 is 1.17 bits per heavy atom. The molecule has 0 bridgehead atoms. The Morgan fingerprint density at radius 3 is 2.39 bits per heavy atom. The van der Waals surface area contributed by atoms with E-state index in [2.05, 4.69) is 4.90 Å². The van der Waals surface area contributed by atoms with Gasteiger partial charge in [0.15, 0.2) is 0 Å². The summed E-state index contributed by atoms with van der Waals surface area (Å²) in [5.74, 6) is -0.485. The summed E-state index contributed by atoms with van der Waals surface area (Å²) in [6.45, 7) is 2.29. The van der Waals surface area contributed by atoms with Crippen molar-refractivity contribution in [3.8, 4) is 0 Å². The van der Waals surface area contributed by atoms with E-state index in [1.807, 2.05) is 24.3 Å². The molecule has 0 aromatic heterocycles. The van der Waals surface area contributed by atoms with Gasteiger partial charge in [0.25, 0.3) is 0 Å². The van der Waals surface area contributed by atoms with Crippen LogP contribution in [-0.2, 0) is 22.6 Å². The number of carbonyl (C=O) groups excluding carboxylic acids is 1. The Morgan fingerprint density at radius 2 is 1.78 bits per heavy atom. The number of hydrogen-bond acceptors (Lipinski definition) is 3. The van der Waals surface area contributed by atoms with Gasteiger partial charge in [-0.1, -0.05) is 24.3 Å². The van der Waals surface area contributed by atoms with E-state index in [1.54, 1.807) is 0 Å². The van der Waals surface area contributed by atoms with Crippen molar-refractivity contribution in [2.45, 2.75) is 25.8 Å². The molecule has 0 amide bonds. The number of benzene rings is 1. The maximum absolute atomic E-state index is 11.2. The molecule has 4 heteroatoms. The number of rotatable bonds is 4. The lowest BCUT2D eigenvalue weighted by molar-refractivity contribution is -0.136. The number of piperidine rings is 1. The topological polar surface area (TPSA) is 57.6 Å². The second kappa shape index (κ2) is 5.78. The molecule has 0 radical (unpaired) electrons. The molecular weight excluding hydrogens is 230 g/mol. The first-order valence-electron chi connectivity index (χ1n) is 6.18. The van der Waals surface area contributed by atoms with Gasteiger partial charge in [-0.05, 0) is 11.1 Å². The lowest BCUT2D eigenvalue weighted by atomic mass is 10.0. The molecule has 18 heavy (non-hydrogen) atoms. The van der Waals surface area contributed by atoms with Crippen LogP contribution in [0.3, 0.4) is 0 Å². The van der Waals surface area contributed by atoms with Crippen LogP contribution in [0.15, 0.2) is 24.3 Å². The fourth-order valence-corrected chi connectivity index (χ4v) is 2.25. The highest BCUT2D eigenvalue weighted by Gasteiger charge is 2.17. The smallest absolute Gasteiger partial charge is 0.307 e. The molecule has 1 N–H and O–H groups in total. The van der Waals surface area contributed by atoms with Crippen molar-refractivity contribution >= 4 is 11.8 Å². The first kappa shape index (κ1) is 12.8. The molecule has 4 nitrogen and oxygen atoms in total. The molecule has 1 aliphatic heterocycles. The lowest BCUT2D eigenvalue weighted by Gasteiger charge is -2.26. The molecule has 1 aliphatic rings. The quantitative estimate of drug-likeness (QED) is 0.875. The van der Waals surface area contributed by atoms with Gasteiger partial charge in [0.1, 0.15) is 5.78 Å².